The first-order chi connectivity index (χ1) is 17.5. The normalized spacial score (nSPS) is 19.9. The molecule has 3 aliphatic rings. The Labute approximate surface area is 212 Å². The van der Waals surface area contributed by atoms with E-state index in [1.807, 2.05) is 18.2 Å². The molecule has 2 aromatic rings. The fourth-order valence-corrected chi connectivity index (χ4v) is 5.58. The van der Waals surface area contributed by atoms with Gasteiger partial charge in [-0.15, -0.1) is 0 Å². The lowest BCUT2D eigenvalue weighted by Gasteiger charge is -2.33. The highest BCUT2D eigenvalue weighted by Crippen LogP contribution is 2.30. The molecule has 0 spiro atoms. The fourth-order valence-electron chi connectivity index (χ4n) is 5.58. The largest absolute Gasteiger partial charge is 0.493 e. The molecule has 1 fully saturated rings. The molecule has 3 aliphatic heterocycles. The number of pyridine rings is 1. The Morgan fingerprint density at radius 2 is 2.08 bits per heavy atom. The number of hydrogen-bond donors (Lipinski definition) is 3. The van der Waals surface area contributed by atoms with E-state index in [4.69, 9.17) is 9.72 Å². The maximum Gasteiger partial charge on any atom is 0.305 e. The van der Waals surface area contributed by atoms with E-state index in [-0.39, 0.29) is 18.2 Å². The van der Waals surface area contributed by atoms with Gasteiger partial charge in [-0.3, -0.25) is 9.59 Å². The predicted molar refractivity (Wildman–Crippen MR) is 137 cm³/mol. The smallest absolute Gasteiger partial charge is 0.305 e. The van der Waals surface area contributed by atoms with E-state index >= 15 is 0 Å². The number of aryl methyl sites for hydroxylation is 2. The number of hydrogen-bond acceptors (Lipinski definition) is 6. The van der Waals surface area contributed by atoms with Crippen LogP contribution >= 0.6 is 0 Å². The molecule has 8 nitrogen and oxygen atoms in total. The summed E-state index contributed by atoms with van der Waals surface area (Å²) in [5.41, 5.74) is 4.34. The van der Waals surface area contributed by atoms with Gasteiger partial charge < -0.3 is 25.4 Å². The lowest BCUT2D eigenvalue weighted by atomic mass is 9.95. The molecule has 1 aromatic heterocycles. The molecule has 8 heteroatoms. The zero-order valence-electron chi connectivity index (χ0n) is 20.8. The van der Waals surface area contributed by atoms with Crippen molar-refractivity contribution in [1.29, 1.82) is 0 Å². The quantitative estimate of drug-likeness (QED) is 0.493. The van der Waals surface area contributed by atoms with Crippen LogP contribution in [0.4, 0.5) is 5.82 Å². The Balaban J connectivity index is 1.14. The number of amides is 1. The van der Waals surface area contributed by atoms with Crippen molar-refractivity contribution in [3.05, 3.63) is 52.7 Å². The van der Waals surface area contributed by atoms with Crippen molar-refractivity contribution in [2.45, 2.75) is 57.4 Å². The summed E-state index contributed by atoms with van der Waals surface area (Å²) >= 11 is 0. The van der Waals surface area contributed by atoms with Crippen LogP contribution in [-0.4, -0.2) is 59.7 Å². The third-order valence-corrected chi connectivity index (χ3v) is 7.55. The number of carbonyl (C=O) groups is 2. The van der Waals surface area contributed by atoms with Gasteiger partial charge in [-0.1, -0.05) is 18.2 Å². The molecule has 5 rings (SSSR count). The molecule has 1 unspecified atom stereocenters. The minimum Gasteiger partial charge on any atom is -0.493 e. The molecular weight excluding hydrogens is 456 g/mol. The summed E-state index contributed by atoms with van der Waals surface area (Å²) in [5, 5.41) is 15.9. The number of rotatable bonds is 9. The molecule has 192 valence electrons. The van der Waals surface area contributed by atoms with Crippen molar-refractivity contribution < 1.29 is 19.4 Å². The van der Waals surface area contributed by atoms with Crippen LogP contribution in [0.5, 0.6) is 5.75 Å². The van der Waals surface area contributed by atoms with Crippen LogP contribution in [0.3, 0.4) is 0 Å². The van der Waals surface area contributed by atoms with E-state index in [1.54, 1.807) is 0 Å². The van der Waals surface area contributed by atoms with Crippen LogP contribution in [0.25, 0.3) is 0 Å². The third kappa shape index (κ3) is 5.98. The number of piperidine rings is 1. The lowest BCUT2D eigenvalue weighted by molar-refractivity contribution is -0.138. The fraction of sp³-hybridized carbons (Fsp3) is 0.536. The number of anilines is 1. The molecule has 36 heavy (non-hydrogen) atoms. The molecule has 0 aliphatic carbocycles. The number of ether oxygens (including phenoxy) is 1. The Hall–Kier alpha value is -3.13. The first kappa shape index (κ1) is 24.6. The summed E-state index contributed by atoms with van der Waals surface area (Å²) < 4.78 is 5.65. The van der Waals surface area contributed by atoms with Crippen molar-refractivity contribution in [1.82, 2.24) is 15.2 Å². The van der Waals surface area contributed by atoms with Gasteiger partial charge in [0.15, 0.2) is 0 Å². The lowest BCUT2D eigenvalue weighted by Crippen LogP contribution is -2.44. The molecule has 1 aromatic carbocycles. The molecule has 1 saturated heterocycles. The summed E-state index contributed by atoms with van der Waals surface area (Å²) in [6.07, 6.45) is 6.69. The van der Waals surface area contributed by atoms with Crippen LogP contribution in [-0.2, 0) is 28.9 Å². The maximum atomic E-state index is 13.2. The molecule has 0 radical (unpaired) electrons. The number of carboxylic acid groups (broad SMARTS) is 1. The number of benzene rings is 1. The Kier molecular flexibility index (Phi) is 7.70. The number of likely N-dealkylation sites (tertiary alicyclic amines) is 1. The van der Waals surface area contributed by atoms with E-state index in [1.165, 1.54) is 5.56 Å². The van der Waals surface area contributed by atoms with Gasteiger partial charge in [-0.25, -0.2) is 4.98 Å². The molecule has 0 saturated carbocycles. The minimum absolute atomic E-state index is 0.0604. The zero-order valence-corrected chi connectivity index (χ0v) is 20.8. The average Bonchev–Trinajstić information content (AvgIpc) is 3.36. The highest BCUT2D eigenvalue weighted by molar-refractivity contribution is 5.80. The summed E-state index contributed by atoms with van der Waals surface area (Å²) in [6, 6.07) is 9.56. The summed E-state index contributed by atoms with van der Waals surface area (Å²) in [6.45, 7) is 4.26. The van der Waals surface area contributed by atoms with Crippen LogP contribution < -0.4 is 15.4 Å². The Bertz CT molecular complexity index is 1100. The Morgan fingerprint density at radius 3 is 2.97 bits per heavy atom. The molecule has 3 N–H and O–H groups in total. The van der Waals surface area contributed by atoms with Gasteiger partial charge in [0.05, 0.1) is 25.0 Å². The number of fused-ring (bicyclic) bond motifs is 2. The highest BCUT2D eigenvalue weighted by atomic mass is 16.5. The predicted octanol–water partition coefficient (Wildman–Crippen LogP) is 3.35. The number of aromatic nitrogens is 1. The van der Waals surface area contributed by atoms with Gasteiger partial charge >= 0.3 is 5.97 Å². The average molecular weight is 493 g/mol. The number of carboxylic acids is 1. The van der Waals surface area contributed by atoms with Gasteiger partial charge in [-0.2, -0.15) is 0 Å². The topological polar surface area (TPSA) is 104 Å². The number of carbonyl (C=O) groups excluding carboxylic acids is 1. The summed E-state index contributed by atoms with van der Waals surface area (Å²) in [5.74, 6) is 0.712. The number of aliphatic carboxylic acids is 1. The molecular formula is C28H36N4O4. The SMILES string of the molecule is O=C(O)CC(NC(=O)[C@@H]1CCCN(CCCc2ccc3c(n2)NCCC3)C1)c1ccc2c(c1)OCC2. The van der Waals surface area contributed by atoms with Crippen LogP contribution in [0.2, 0.25) is 0 Å². The van der Waals surface area contributed by atoms with Gasteiger partial charge in [0.2, 0.25) is 5.91 Å². The molecule has 4 heterocycles. The van der Waals surface area contributed by atoms with E-state index in [2.05, 4.69) is 27.7 Å². The van der Waals surface area contributed by atoms with Gasteiger partial charge in [0.1, 0.15) is 11.6 Å². The third-order valence-electron chi connectivity index (χ3n) is 7.55. The molecule has 2 atom stereocenters. The Morgan fingerprint density at radius 1 is 1.19 bits per heavy atom. The first-order valence-corrected chi connectivity index (χ1v) is 13.3. The second-order valence-electron chi connectivity index (χ2n) is 10.2. The van der Waals surface area contributed by atoms with Gasteiger partial charge in [-0.05, 0) is 80.4 Å². The molecule has 0 bridgehead atoms. The standard InChI is InChI=1S/C28H36N4O4/c33-26(34)17-24(21-8-7-19-11-15-36-25(19)16-21)31-28(35)22-5-2-13-32(18-22)14-3-6-23-10-9-20-4-1-12-29-27(20)30-23/h7-10,16,22,24H,1-6,11-15,17-18H2,(H,29,30)(H,31,35)(H,33,34)/t22-,24?/m1/s1. The monoisotopic (exact) mass is 492 g/mol. The summed E-state index contributed by atoms with van der Waals surface area (Å²) in [7, 11) is 0. The highest BCUT2D eigenvalue weighted by Gasteiger charge is 2.29. The number of nitrogens with zero attached hydrogens (tertiary/aromatic N) is 2. The van der Waals surface area contributed by atoms with Gasteiger partial charge in [0.25, 0.3) is 0 Å². The first-order valence-electron chi connectivity index (χ1n) is 13.3. The van der Waals surface area contributed by atoms with E-state index in [0.717, 1.165) is 93.0 Å². The summed E-state index contributed by atoms with van der Waals surface area (Å²) in [4.78, 5) is 31.9. The van der Waals surface area contributed by atoms with Crippen molar-refractivity contribution in [3.63, 3.8) is 0 Å². The van der Waals surface area contributed by atoms with Crippen LogP contribution in [0, 0.1) is 5.92 Å². The van der Waals surface area contributed by atoms with Crippen molar-refractivity contribution in [2.24, 2.45) is 5.92 Å². The minimum atomic E-state index is -0.932. The van der Waals surface area contributed by atoms with E-state index < -0.39 is 12.0 Å². The van der Waals surface area contributed by atoms with Crippen LogP contribution in [0.15, 0.2) is 30.3 Å². The van der Waals surface area contributed by atoms with Crippen molar-refractivity contribution >= 4 is 17.7 Å². The van der Waals surface area contributed by atoms with E-state index in [0.29, 0.717) is 13.2 Å². The zero-order chi connectivity index (χ0) is 24.9. The van der Waals surface area contributed by atoms with Gasteiger partial charge in [0, 0.05) is 25.2 Å². The van der Waals surface area contributed by atoms with Crippen molar-refractivity contribution in [3.8, 4) is 5.75 Å². The maximum absolute atomic E-state index is 13.2. The second-order valence-corrected chi connectivity index (χ2v) is 10.2. The second kappa shape index (κ2) is 11.3. The molecule has 1 amide bonds. The van der Waals surface area contributed by atoms with E-state index in [9.17, 15) is 14.7 Å². The van der Waals surface area contributed by atoms with Crippen molar-refractivity contribution in [2.75, 3.05) is 38.1 Å². The van der Waals surface area contributed by atoms with Crippen LogP contribution in [0.1, 0.15) is 60.5 Å². The number of nitrogens with one attached hydrogen (secondary N) is 2.